The SMILES string of the molecule is C/C=C\C12CC3CC(CC)(C1)CC(CCC)(C3)C2. The maximum atomic E-state index is 2.60. The van der Waals surface area contributed by atoms with Crippen LogP contribution in [0.25, 0.3) is 0 Å². The van der Waals surface area contributed by atoms with Gasteiger partial charge in [0.2, 0.25) is 0 Å². The van der Waals surface area contributed by atoms with Crippen LogP contribution in [0.5, 0.6) is 0 Å². The van der Waals surface area contributed by atoms with Crippen molar-refractivity contribution >= 4 is 0 Å². The smallest absolute Gasteiger partial charge is 0.0105 e. The molecule has 4 saturated carbocycles. The molecular formula is C18H30. The van der Waals surface area contributed by atoms with Gasteiger partial charge in [0.25, 0.3) is 0 Å². The highest BCUT2D eigenvalue weighted by Gasteiger charge is 2.61. The van der Waals surface area contributed by atoms with Crippen LogP contribution in [0.2, 0.25) is 0 Å². The maximum Gasteiger partial charge on any atom is -0.0105 e. The molecule has 0 saturated heterocycles. The molecule has 4 atom stereocenters. The first-order valence-corrected chi connectivity index (χ1v) is 8.23. The van der Waals surface area contributed by atoms with Gasteiger partial charge >= 0.3 is 0 Å². The van der Waals surface area contributed by atoms with Crippen LogP contribution < -0.4 is 0 Å². The average molecular weight is 246 g/mol. The Kier molecular flexibility index (Phi) is 2.92. The first-order valence-electron chi connectivity index (χ1n) is 8.23. The van der Waals surface area contributed by atoms with Gasteiger partial charge in [0.05, 0.1) is 0 Å². The molecule has 0 aromatic heterocycles. The first kappa shape index (κ1) is 12.8. The minimum Gasteiger partial charge on any atom is -0.0911 e. The molecule has 4 aliphatic carbocycles. The van der Waals surface area contributed by atoms with Crippen molar-refractivity contribution in [2.24, 2.45) is 22.2 Å². The van der Waals surface area contributed by atoms with Gasteiger partial charge in [-0.25, -0.2) is 0 Å². The third kappa shape index (κ3) is 1.79. The van der Waals surface area contributed by atoms with Crippen LogP contribution in [0.3, 0.4) is 0 Å². The summed E-state index contributed by atoms with van der Waals surface area (Å²) in [6.07, 6.45) is 18.4. The zero-order valence-corrected chi connectivity index (χ0v) is 12.6. The highest BCUT2D eigenvalue weighted by Crippen LogP contribution is 2.72. The molecule has 4 fully saturated rings. The van der Waals surface area contributed by atoms with Crippen LogP contribution in [0.4, 0.5) is 0 Å². The quantitative estimate of drug-likeness (QED) is 0.556. The zero-order valence-electron chi connectivity index (χ0n) is 12.6. The maximum absolute atomic E-state index is 2.60. The lowest BCUT2D eigenvalue weighted by molar-refractivity contribution is -0.144. The molecular weight excluding hydrogens is 216 g/mol. The summed E-state index contributed by atoms with van der Waals surface area (Å²) in [6.45, 7) is 7.07. The van der Waals surface area contributed by atoms with Gasteiger partial charge in [-0.05, 0) is 74.0 Å². The summed E-state index contributed by atoms with van der Waals surface area (Å²) in [5.41, 5.74) is 2.04. The molecule has 4 bridgehead atoms. The predicted octanol–water partition coefficient (Wildman–Crippen LogP) is 5.73. The summed E-state index contributed by atoms with van der Waals surface area (Å²) in [4.78, 5) is 0. The van der Waals surface area contributed by atoms with Gasteiger partial charge < -0.3 is 0 Å². The van der Waals surface area contributed by atoms with Crippen molar-refractivity contribution in [3.63, 3.8) is 0 Å². The van der Waals surface area contributed by atoms with Gasteiger partial charge in [-0.1, -0.05) is 38.8 Å². The predicted molar refractivity (Wildman–Crippen MR) is 78.5 cm³/mol. The fourth-order valence-electron chi connectivity index (χ4n) is 6.67. The molecule has 4 rings (SSSR count). The van der Waals surface area contributed by atoms with Gasteiger partial charge in [0, 0.05) is 0 Å². The molecule has 0 radical (unpaired) electrons. The monoisotopic (exact) mass is 246 g/mol. The van der Waals surface area contributed by atoms with E-state index in [4.69, 9.17) is 0 Å². The van der Waals surface area contributed by atoms with E-state index in [1.807, 2.05) is 0 Å². The molecule has 0 heterocycles. The van der Waals surface area contributed by atoms with Gasteiger partial charge in [0.15, 0.2) is 0 Å². The Morgan fingerprint density at radius 3 is 2.39 bits per heavy atom. The third-order valence-electron chi connectivity index (χ3n) is 6.39. The molecule has 0 nitrogen and oxygen atoms in total. The Balaban J connectivity index is 1.98. The van der Waals surface area contributed by atoms with Crippen molar-refractivity contribution in [2.45, 2.75) is 78.6 Å². The van der Waals surface area contributed by atoms with Gasteiger partial charge in [-0.3, -0.25) is 0 Å². The van der Waals surface area contributed by atoms with E-state index in [0.29, 0.717) is 10.8 Å². The van der Waals surface area contributed by atoms with Gasteiger partial charge in [-0.2, -0.15) is 0 Å². The summed E-state index contributed by atoms with van der Waals surface area (Å²) < 4.78 is 0. The van der Waals surface area contributed by atoms with Crippen molar-refractivity contribution in [1.82, 2.24) is 0 Å². The first-order chi connectivity index (χ1) is 8.59. The van der Waals surface area contributed by atoms with Crippen molar-refractivity contribution in [2.75, 3.05) is 0 Å². The second-order valence-corrected chi connectivity index (χ2v) is 7.97. The molecule has 102 valence electrons. The van der Waals surface area contributed by atoms with E-state index >= 15 is 0 Å². The number of rotatable bonds is 4. The molecule has 4 unspecified atom stereocenters. The lowest BCUT2D eigenvalue weighted by Gasteiger charge is -2.66. The highest BCUT2D eigenvalue weighted by atomic mass is 14.7. The van der Waals surface area contributed by atoms with E-state index in [2.05, 4.69) is 32.9 Å². The molecule has 0 spiro atoms. The van der Waals surface area contributed by atoms with Crippen LogP contribution in [0, 0.1) is 22.2 Å². The molecule has 0 heteroatoms. The highest BCUT2D eigenvalue weighted by molar-refractivity contribution is 5.17. The topological polar surface area (TPSA) is 0 Å². The normalized spacial score (nSPS) is 50.3. The summed E-state index contributed by atoms with van der Waals surface area (Å²) in [5, 5.41) is 0. The Morgan fingerprint density at radius 1 is 1.00 bits per heavy atom. The second-order valence-electron chi connectivity index (χ2n) is 7.97. The molecule has 0 amide bonds. The average Bonchev–Trinajstić information content (AvgIpc) is 2.27. The molecule has 18 heavy (non-hydrogen) atoms. The third-order valence-corrected chi connectivity index (χ3v) is 6.39. The summed E-state index contributed by atoms with van der Waals surface area (Å²) in [6, 6.07) is 0. The van der Waals surface area contributed by atoms with E-state index in [0.717, 1.165) is 11.3 Å². The molecule has 4 aliphatic rings. The minimum absolute atomic E-state index is 0.597. The van der Waals surface area contributed by atoms with Gasteiger partial charge in [0.1, 0.15) is 0 Å². The number of hydrogen-bond donors (Lipinski definition) is 0. The fourth-order valence-corrected chi connectivity index (χ4v) is 6.67. The Hall–Kier alpha value is -0.260. The van der Waals surface area contributed by atoms with Crippen LogP contribution in [-0.2, 0) is 0 Å². The van der Waals surface area contributed by atoms with Crippen molar-refractivity contribution in [3.8, 4) is 0 Å². The van der Waals surface area contributed by atoms with Crippen molar-refractivity contribution in [3.05, 3.63) is 12.2 Å². The molecule has 0 N–H and O–H groups in total. The van der Waals surface area contributed by atoms with E-state index in [9.17, 15) is 0 Å². The molecule has 0 aromatic carbocycles. The Labute approximate surface area is 113 Å². The Morgan fingerprint density at radius 2 is 1.72 bits per heavy atom. The minimum atomic E-state index is 0.597. The lowest BCUT2D eigenvalue weighted by atomic mass is 9.38. The van der Waals surface area contributed by atoms with Crippen LogP contribution in [0.1, 0.15) is 78.6 Å². The Bertz CT molecular complexity index is 355. The lowest BCUT2D eigenvalue weighted by Crippen LogP contribution is -2.56. The van der Waals surface area contributed by atoms with E-state index < -0.39 is 0 Å². The number of allylic oxidation sites excluding steroid dienone is 2. The second kappa shape index (κ2) is 4.12. The fraction of sp³-hybridized carbons (Fsp3) is 0.889. The van der Waals surface area contributed by atoms with Crippen LogP contribution in [0.15, 0.2) is 12.2 Å². The van der Waals surface area contributed by atoms with Crippen molar-refractivity contribution in [1.29, 1.82) is 0 Å². The van der Waals surface area contributed by atoms with Crippen LogP contribution in [-0.4, -0.2) is 0 Å². The van der Waals surface area contributed by atoms with Crippen molar-refractivity contribution < 1.29 is 0 Å². The van der Waals surface area contributed by atoms with E-state index in [-0.39, 0.29) is 0 Å². The van der Waals surface area contributed by atoms with Crippen LogP contribution >= 0.6 is 0 Å². The molecule has 0 aromatic rings. The number of hydrogen-bond acceptors (Lipinski definition) is 0. The zero-order chi connectivity index (χ0) is 12.9. The summed E-state index contributed by atoms with van der Waals surface area (Å²) >= 11 is 0. The van der Waals surface area contributed by atoms with E-state index in [1.165, 1.54) is 38.5 Å². The summed E-state index contributed by atoms with van der Waals surface area (Å²) in [5.74, 6) is 1.05. The standard InChI is InChI=1S/C18H30/c1-4-7-17-10-15-9-16(6-3,12-17)13-18(11-15,14-17)8-5-2/h4,7,15H,5-6,8-14H2,1-3H3/b7-4-. The van der Waals surface area contributed by atoms with Gasteiger partial charge in [-0.15, -0.1) is 0 Å². The molecule has 0 aliphatic heterocycles. The van der Waals surface area contributed by atoms with E-state index in [1.54, 1.807) is 19.3 Å². The largest absolute Gasteiger partial charge is 0.0911 e. The summed E-state index contributed by atoms with van der Waals surface area (Å²) in [7, 11) is 0.